The van der Waals surface area contributed by atoms with Gasteiger partial charge in [-0.05, 0) is 31.2 Å². The number of imidazole rings is 1. The number of nitrogens with zero attached hydrogens (tertiary/aromatic N) is 6. The molecule has 0 saturated carbocycles. The number of hydrogen-bond donors (Lipinski definition) is 0. The third-order valence-electron chi connectivity index (χ3n) is 5.33. The van der Waals surface area contributed by atoms with Gasteiger partial charge in [-0.25, -0.2) is 27.5 Å². The summed E-state index contributed by atoms with van der Waals surface area (Å²) in [5.74, 6) is -3.23. The van der Waals surface area contributed by atoms with Crippen LogP contribution in [0.2, 0.25) is 0 Å². The molecule has 6 nitrogen and oxygen atoms in total. The van der Waals surface area contributed by atoms with E-state index in [1.54, 1.807) is 12.1 Å². The number of nitriles is 1. The normalized spacial score (nSPS) is 11.9. The molecule has 0 aliphatic rings. The Balaban J connectivity index is 1.72. The fourth-order valence-electron chi connectivity index (χ4n) is 3.44. The first-order chi connectivity index (χ1) is 15.2. The number of aryl methyl sites for hydroxylation is 3. The molecule has 0 saturated heterocycles. The van der Waals surface area contributed by atoms with Gasteiger partial charge in [-0.3, -0.25) is 4.68 Å². The SMILES string of the molecule is Cc1nc2cc(-c3nc(C#N)ccc3-c3cnn(CCC(F)(F)C(F)F)c3)ccc2n1C. The number of pyridine rings is 1. The number of hydrogen-bond acceptors (Lipinski definition) is 4. The maximum absolute atomic E-state index is 13.2. The van der Waals surface area contributed by atoms with Crippen LogP contribution in [-0.4, -0.2) is 36.7 Å². The lowest BCUT2D eigenvalue weighted by Crippen LogP contribution is -2.28. The Bertz CT molecular complexity index is 1330. The number of aromatic nitrogens is 5. The van der Waals surface area contributed by atoms with Crippen LogP contribution >= 0.6 is 0 Å². The lowest BCUT2D eigenvalue weighted by Gasteiger charge is -2.14. The highest BCUT2D eigenvalue weighted by Gasteiger charge is 2.40. The van der Waals surface area contributed by atoms with Crippen molar-refractivity contribution in [2.45, 2.75) is 32.2 Å². The fourth-order valence-corrected chi connectivity index (χ4v) is 3.44. The van der Waals surface area contributed by atoms with Crippen LogP contribution in [0.25, 0.3) is 33.4 Å². The first kappa shape index (κ1) is 21.5. The van der Waals surface area contributed by atoms with Crippen LogP contribution in [0.3, 0.4) is 0 Å². The highest BCUT2D eigenvalue weighted by Crippen LogP contribution is 2.33. The summed E-state index contributed by atoms with van der Waals surface area (Å²) in [6.07, 6.45) is -1.80. The molecule has 0 aliphatic heterocycles. The third kappa shape index (κ3) is 3.93. The maximum Gasteiger partial charge on any atom is 0.309 e. The van der Waals surface area contributed by atoms with Gasteiger partial charge in [0.1, 0.15) is 17.6 Å². The number of halogens is 4. The van der Waals surface area contributed by atoms with Gasteiger partial charge < -0.3 is 4.57 Å². The molecule has 0 aliphatic carbocycles. The Labute approximate surface area is 180 Å². The van der Waals surface area contributed by atoms with Gasteiger partial charge in [-0.1, -0.05) is 6.07 Å². The Hall–Kier alpha value is -3.74. The largest absolute Gasteiger partial charge is 0.331 e. The van der Waals surface area contributed by atoms with E-state index in [1.807, 2.05) is 42.8 Å². The van der Waals surface area contributed by atoms with E-state index >= 15 is 0 Å². The van der Waals surface area contributed by atoms with Crippen molar-refractivity contribution in [2.75, 3.05) is 0 Å². The van der Waals surface area contributed by atoms with E-state index in [2.05, 4.69) is 15.1 Å². The van der Waals surface area contributed by atoms with Crippen molar-refractivity contribution >= 4 is 11.0 Å². The molecule has 0 fully saturated rings. The molecule has 0 radical (unpaired) electrons. The Morgan fingerprint density at radius 1 is 1.12 bits per heavy atom. The summed E-state index contributed by atoms with van der Waals surface area (Å²) >= 11 is 0. The van der Waals surface area contributed by atoms with Gasteiger partial charge in [0.25, 0.3) is 0 Å². The monoisotopic (exact) mass is 442 g/mol. The zero-order valence-corrected chi connectivity index (χ0v) is 17.2. The van der Waals surface area contributed by atoms with Crippen molar-refractivity contribution < 1.29 is 17.6 Å². The van der Waals surface area contributed by atoms with Gasteiger partial charge in [-0.15, -0.1) is 0 Å². The van der Waals surface area contributed by atoms with Crippen molar-refractivity contribution in [3.8, 4) is 28.5 Å². The van der Waals surface area contributed by atoms with Crippen LogP contribution in [0.15, 0.2) is 42.7 Å². The van der Waals surface area contributed by atoms with E-state index in [9.17, 15) is 22.8 Å². The molecule has 4 aromatic rings. The Morgan fingerprint density at radius 2 is 1.91 bits per heavy atom. The highest BCUT2D eigenvalue weighted by atomic mass is 19.3. The average molecular weight is 442 g/mol. The molecule has 3 aromatic heterocycles. The first-order valence-corrected chi connectivity index (χ1v) is 9.73. The number of rotatable bonds is 6. The molecule has 0 spiro atoms. The van der Waals surface area contributed by atoms with Crippen LogP contribution in [-0.2, 0) is 13.6 Å². The number of alkyl halides is 4. The van der Waals surface area contributed by atoms with Crippen molar-refractivity contribution in [2.24, 2.45) is 7.05 Å². The van der Waals surface area contributed by atoms with E-state index in [-0.39, 0.29) is 12.2 Å². The second-order valence-corrected chi connectivity index (χ2v) is 7.43. The molecule has 32 heavy (non-hydrogen) atoms. The van der Waals surface area contributed by atoms with Crippen molar-refractivity contribution in [1.82, 2.24) is 24.3 Å². The molecule has 164 valence electrons. The summed E-state index contributed by atoms with van der Waals surface area (Å²) in [5, 5.41) is 13.3. The lowest BCUT2D eigenvalue weighted by molar-refractivity contribution is -0.135. The topological polar surface area (TPSA) is 72.3 Å². The average Bonchev–Trinajstić information content (AvgIpc) is 3.36. The van der Waals surface area contributed by atoms with E-state index in [0.29, 0.717) is 16.8 Å². The molecule has 3 heterocycles. The molecule has 0 amide bonds. The standard InChI is InChI=1S/C22H18F4N6/c1-13-29-18-9-14(3-6-19(18)31(13)2)20-17(5-4-16(10-27)30-20)15-11-28-32(12-15)8-7-22(25,26)21(23)24/h3-6,9,11-12,21H,7-8H2,1-2H3. The molecule has 0 N–H and O–H groups in total. The quantitative estimate of drug-likeness (QED) is 0.395. The number of fused-ring (bicyclic) bond motifs is 1. The van der Waals surface area contributed by atoms with Crippen LogP contribution < -0.4 is 0 Å². The molecular formula is C22H18F4N6. The second kappa shape index (κ2) is 8.07. The molecule has 0 bridgehead atoms. The summed E-state index contributed by atoms with van der Waals surface area (Å²) in [7, 11) is 1.91. The third-order valence-corrected chi connectivity index (χ3v) is 5.33. The van der Waals surface area contributed by atoms with E-state index in [0.717, 1.165) is 22.4 Å². The van der Waals surface area contributed by atoms with Crippen molar-refractivity contribution in [3.05, 3.63) is 54.2 Å². The van der Waals surface area contributed by atoms with Crippen LogP contribution in [0.1, 0.15) is 17.9 Å². The van der Waals surface area contributed by atoms with Crippen molar-refractivity contribution in [3.63, 3.8) is 0 Å². The van der Waals surface area contributed by atoms with E-state index in [1.165, 1.54) is 17.1 Å². The molecule has 0 atom stereocenters. The molecule has 1 aromatic carbocycles. The summed E-state index contributed by atoms with van der Waals surface area (Å²) < 4.78 is 54.5. The maximum atomic E-state index is 13.2. The Kier molecular flexibility index (Phi) is 5.42. The Morgan fingerprint density at radius 3 is 2.62 bits per heavy atom. The van der Waals surface area contributed by atoms with Gasteiger partial charge in [0.2, 0.25) is 0 Å². The number of benzene rings is 1. The van der Waals surface area contributed by atoms with Crippen LogP contribution in [0, 0.1) is 18.3 Å². The van der Waals surface area contributed by atoms with Gasteiger partial charge in [-0.2, -0.15) is 10.4 Å². The lowest BCUT2D eigenvalue weighted by atomic mass is 10.0. The predicted molar refractivity (Wildman–Crippen MR) is 110 cm³/mol. The molecule has 0 unspecified atom stereocenters. The summed E-state index contributed by atoms with van der Waals surface area (Å²) in [5.41, 5.74) is 4.34. The van der Waals surface area contributed by atoms with Crippen LogP contribution in [0.4, 0.5) is 17.6 Å². The minimum atomic E-state index is -4.08. The molecular weight excluding hydrogens is 424 g/mol. The summed E-state index contributed by atoms with van der Waals surface area (Å²) in [4.78, 5) is 8.97. The minimum absolute atomic E-state index is 0.213. The fraction of sp³-hybridized carbons (Fsp3) is 0.273. The summed E-state index contributed by atoms with van der Waals surface area (Å²) in [6, 6.07) is 10.9. The highest BCUT2D eigenvalue weighted by molar-refractivity contribution is 5.87. The minimum Gasteiger partial charge on any atom is -0.331 e. The van der Waals surface area contributed by atoms with E-state index < -0.39 is 18.8 Å². The smallest absolute Gasteiger partial charge is 0.309 e. The van der Waals surface area contributed by atoms with Gasteiger partial charge in [0.05, 0.1) is 22.9 Å². The van der Waals surface area contributed by atoms with Crippen LogP contribution in [0.5, 0.6) is 0 Å². The first-order valence-electron chi connectivity index (χ1n) is 9.73. The zero-order chi connectivity index (χ0) is 23.0. The molecule has 10 heteroatoms. The van der Waals surface area contributed by atoms with Gasteiger partial charge in [0, 0.05) is 42.9 Å². The summed E-state index contributed by atoms with van der Waals surface area (Å²) in [6.45, 7) is 1.53. The zero-order valence-electron chi connectivity index (χ0n) is 17.2. The van der Waals surface area contributed by atoms with Crippen molar-refractivity contribution in [1.29, 1.82) is 5.26 Å². The predicted octanol–water partition coefficient (Wildman–Crippen LogP) is 4.97. The van der Waals surface area contributed by atoms with Gasteiger partial charge >= 0.3 is 12.3 Å². The molecule has 4 rings (SSSR count). The second-order valence-electron chi connectivity index (χ2n) is 7.43. The van der Waals surface area contributed by atoms with Gasteiger partial charge in [0.15, 0.2) is 0 Å². The van der Waals surface area contributed by atoms with E-state index in [4.69, 9.17) is 0 Å².